The molecule has 1 nitrogen and oxygen atoms in total. The van der Waals surface area contributed by atoms with E-state index >= 15 is 0 Å². The number of aryl methyl sites for hydroxylation is 1. The van der Waals surface area contributed by atoms with E-state index in [1.165, 1.54) is 22.4 Å². The summed E-state index contributed by atoms with van der Waals surface area (Å²) in [6.07, 6.45) is 5.90. The zero-order valence-corrected chi connectivity index (χ0v) is 13.6. The highest BCUT2D eigenvalue weighted by Gasteiger charge is 2.38. The maximum absolute atomic E-state index is 3.82. The molecule has 3 atom stereocenters. The quantitative estimate of drug-likeness (QED) is 0.668. The summed E-state index contributed by atoms with van der Waals surface area (Å²) in [5.41, 5.74) is 5.50. The number of halogens is 1. The van der Waals surface area contributed by atoms with Crippen molar-refractivity contribution in [3.8, 4) is 0 Å². The Morgan fingerprint density at radius 1 is 1.14 bits per heavy atom. The molecular formula is C19H18BrN. The molecule has 0 saturated carbocycles. The van der Waals surface area contributed by atoms with Gasteiger partial charge in [-0.25, -0.2) is 0 Å². The van der Waals surface area contributed by atoms with Crippen LogP contribution in [0.1, 0.15) is 35.1 Å². The van der Waals surface area contributed by atoms with Gasteiger partial charge in [-0.3, -0.25) is 0 Å². The second-order valence-corrected chi connectivity index (χ2v) is 6.99. The zero-order valence-electron chi connectivity index (χ0n) is 12.0. The zero-order chi connectivity index (χ0) is 14.4. The topological polar surface area (TPSA) is 12.0 Å². The Morgan fingerprint density at radius 2 is 2.00 bits per heavy atom. The first-order chi connectivity index (χ1) is 10.2. The monoisotopic (exact) mass is 339 g/mol. The molecule has 0 spiro atoms. The molecule has 1 N–H and O–H groups in total. The number of para-hydroxylation sites is 1. The van der Waals surface area contributed by atoms with Crippen LogP contribution in [0.3, 0.4) is 0 Å². The molecular weight excluding hydrogens is 322 g/mol. The van der Waals surface area contributed by atoms with Gasteiger partial charge in [0.15, 0.2) is 0 Å². The molecule has 2 aromatic rings. The van der Waals surface area contributed by atoms with E-state index in [-0.39, 0.29) is 0 Å². The lowest BCUT2D eigenvalue weighted by Gasteiger charge is -2.38. The fourth-order valence-electron chi connectivity index (χ4n) is 3.81. The highest BCUT2D eigenvalue weighted by Crippen LogP contribution is 2.50. The predicted molar refractivity (Wildman–Crippen MR) is 91.7 cm³/mol. The maximum atomic E-state index is 3.82. The summed E-state index contributed by atoms with van der Waals surface area (Å²) in [7, 11) is 0. The summed E-state index contributed by atoms with van der Waals surface area (Å²) in [6.45, 7) is 2.20. The average molecular weight is 340 g/mol. The van der Waals surface area contributed by atoms with Crippen molar-refractivity contribution >= 4 is 21.6 Å². The van der Waals surface area contributed by atoms with Crippen molar-refractivity contribution in [3.05, 3.63) is 75.8 Å². The molecule has 2 aromatic carbocycles. The molecule has 1 aliphatic carbocycles. The van der Waals surface area contributed by atoms with E-state index in [0.717, 1.165) is 10.9 Å². The van der Waals surface area contributed by atoms with Gasteiger partial charge in [0.1, 0.15) is 0 Å². The number of hydrogen-bond acceptors (Lipinski definition) is 1. The smallest absolute Gasteiger partial charge is 0.0554 e. The normalized spacial score (nSPS) is 26.1. The summed E-state index contributed by atoms with van der Waals surface area (Å²) >= 11 is 3.60. The first-order valence-electron chi connectivity index (χ1n) is 7.52. The van der Waals surface area contributed by atoms with Crippen molar-refractivity contribution in [2.75, 3.05) is 5.32 Å². The van der Waals surface area contributed by atoms with Crippen molar-refractivity contribution in [1.29, 1.82) is 0 Å². The SMILES string of the molecule is Cc1cccc2c1N[C@H](c1cccc(Br)c1)[C@@H]1CC=C[C@@H]21. The van der Waals surface area contributed by atoms with E-state index in [1.54, 1.807) is 0 Å². The first-order valence-corrected chi connectivity index (χ1v) is 8.31. The molecule has 1 heterocycles. The van der Waals surface area contributed by atoms with Gasteiger partial charge < -0.3 is 5.32 Å². The Hall–Kier alpha value is -1.54. The number of hydrogen-bond donors (Lipinski definition) is 1. The fourth-order valence-corrected chi connectivity index (χ4v) is 4.22. The van der Waals surface area contributed by atoms with Gasteiger partial charge in [0.2, 0.25) is 0 Å². The van der Waals surface area contributed by atoms with Gasteiger partial charge in [-0.05, 0) is 48.1 Å². The molecule has 2 heteroatoms. The Bertz CT molecular complexity index is 719. The van der Waals surface area contributed by atoms with Crippen LogP contribution >= 0.6 is 15.9 Å². The Morgan fingerprint density at radius 3 is 2.86 bits per heavy atom. The number of allylic oxidation sites excluding steroid dienone is 2. The molecule has 0 unspecified atom stereocenters. The van der Waals surface area contributed by atoms with Gasteiger partial charge in [-0.2, -0.15) is 0 Å². The molecule has 106 valence electrons. The lowest BCUT2D eigenvalue weighted by atomic mass is 9.76. The van der Waals surface area contributed by atoms with Crippen LogP contribution < -0.4 is 5.32 Å². The van der Waals surface area contributed by atoms with Gasteiger partial charge >= 0.3 is 0 Å². The molecule has 0 bridgehead atoms. The van der Waals surface area contributed by atoms with E-state index in [4.69, 9.17) is 0 Å². The second-order valence-electron chi connectivity index (χ2n) is 6.07. The van der Waals surface area contributed by atoms with Crippen molar-refractivity contribution in [3.63, 3.8) is 0 Å². The number of rotatable bonds is 1. The third kappa shape index (κ3) is 2.13. The lowest BCUT2D eigenvalue weighted by molar-refractivity contribution is 0.425. The summed E-state index contributed by atoms with van der Waals surface area (Å²) in [5, 5.41) is 3.82. The number of fused-ring (bicyclic) bond motifs is 3. The Kier molecular flexibility index (Phi) is 3.15. The van der Waals surface area contributed by atoms with E-state index in [0.29, 0.717) is 17.9 Å². The predicted octanol–water partition coefficient (Wildman–Crippen LogP) is 5.58. The summed E-state index contributed by atoms with van der Waals surface area (Å²) < 4.78 is 1.15. The van der Waals surface area contributed by atoms with Crippen molar-refractivity contribution in [1.82, 2.24) is 0 Å². The van der Waals surface area contributed by atoms with Gasteiger partial charge in [0.25, 0.3) is 0 Å². The van der Waals surface area contributed by atoms with E-state index < -0.39 is 0 Å². The molecule has 0 fully saturated rings. The van der Waals surface area contributed by atoms with Crippen LogP contribution in [0, 0.1) is 12.8 Å². The van der Waals surface area contributed by atoms with E-state index in [2.05, 4.69) is 82.8 Å². The van der Waals surface area contributed by atoms with Gasteiger partial charge in [-0.15, -0.1) is 0 Å². The number of benzene rings is 2. The summed E-state index contributed by atoms with van der Waals surface area (Å²) in [5.74, 6) is 1.17. The van der Waals surface area contributed by atoms with Gasteiger partial charge in [0.05, 0.1) is 6.04 Å². The lowest BCUT2D eigenvalue weighted by Crippen LogP contribution is -2.29. The fraction of sp³-hybridized carbons (Fsp3) is 0.263. The Labute approximate surface area is 134 Å². The molecule has 2 aliphatic rings. The maximum Gasteiger partial charge on any atom is 0.0554 e. The number of anilines is 1. The first kappa shape index (κ1) is 13.1. The average Bonchev–Trinajstić information content (AvgIpc) is 2.96. The largest absolute Gasteiger partial charge is 0.377 e. The Balaban J connectivity index is 1.83. The molecule has 21 heavy (non-hydrogen) atoms. The third-order valence-electron chi connectivity index (χ3n) is 4.81. The van der Waals surface area contributed by atoms with Crippen LogP contribution in [0.5, 0.6) is 0 Å². The van der Waals surface area contributed by atoms with Crippen molar-refractivity contribution < 1.29 is 0 Å². The minimum Gasteiger partial charge on any atom is -0.377 e. The van der Waals surface area contributed by atoms with Crippen LogP contribution in [0.15, 0.2) is 59.1 Å². The van der Waals surface area contributed by atoms with Crippen LogP contribution in [0.2, 0.25) is 0 Å². The molecule has 1 aliphatic heterocycles. The molecule has 0 aromatic heterocycles. The second kappa shape index (κ2) is 5.03. The summed E-state index contributed by atoms with van der Waals surface area (Å²) in [4.78, 5) is 0. The highest BCUT2D eigenvalue weighted by atomic mass is 79.9. The molecule has 0 radical (unpaired) electrons. The third-order valence-corrected chi connectivity index (χ3v) is 5.31. The minimum atomic E-state index is 0.385. The van der Waals surface area contributed by atoms with Crippen LogP contribution in [0.25, 0.3) is 0 Å². The van der Waals surface area contributed by atoms with Crippen LogP contribution in [0.4, 0.5) is 5.69 Å². The van der Waals surface area contributed by atoms with E-state index in [1.807, 2.05) is 0 Å². The van der Waals surface area contributed by atoms with Crippen LogP contribution in [-0.4, -0.2) is 0 Å². The van der Waals surface area contributed by atoms with Gasteiger partial charge in [0, 0.05) is 16.1 Å². The standard InChI is InChI=1S/C19H18BrN/c1-12-5-2-9-16-15-8-4-10-17(15)19(21-18(12)16)13-6-3-7-14(20)11-13/h2-9,11,15,17,19,21H,10H2,1H3/t15-,17+,19+/m0/s1. The minimum absolute atomic E-state index is 0.385. The molecule has 0 saturated heterocycles. The number of nitrogens with one attached hydrogen (secondary N) is 1. The highest BCUT2D eigenvalue weighted by molar-refractivity contribution is 9.10. The molecule has 0 amide bonds. The van der Waals surface area contributed by atoms with Gasteiger partial charge in [-0.1, -0.05) is 58.4 Å². The van der Waals surface area contributed by atoms with E-state index in [9.17, 15) is 0 Å². The van der Waals surface area contributed by atoms with Crippen molar-refractivity contribution in [2.24, 2.45) is 5.92 Å². The molecule has 4 rings (SSSR count). The van der Waals surface area contributed by atoms with Crippen molar-refractivity contribution in [2.45, 2.75) is 25.3 Å². The van der Waals surface area contributed by atoms with Crippen LogP contribution in [-0.2, 0) is 0 Å². The summed E-state index contributed by atoms with van der Waals surface area (Å²) in [6, 6.07) is 15.7.